The van der Waals surface area contributed by atoms with Crippen molar-refractivity contribution >= 4 is 17.3 Å². The number of para-hydroxylation sites is 2. The fourth-order valence-electron chi connectivity index (χ4n) is 5.98. The maximum atomic E-state index is 14.2. The number of carbonyl (C=O) groups excluding carboxylic acids is 1. The van der Waals surface area contributed by atoms with Gasteiger partial charge in [0, 0.05) is 0 Å². The number of phenols is 1. The highest BCUT2D eigenvalue weighted by Crippen LogP contribution is 2.38. The minimum absolute atomic E-state index is 0.0475. The highest BCUT2D eigenvalue weighted by atomic mass is 16.8. The van der Waals surface area contributed by atoms with Crippen LogP contribution in [0.25, 0.3) is 0 Å². The van der Waals surface area contributed by atoms with Gasteiger partial charge in [0.25, 0.3) is 0 Å². The van der Waals surface area contributed by atoms with Gasteiger partial charge in [-0.3, -0.25) is 10.1 Å². The lowest BCUT2D eigenvalue weighted by molar-refractivity contribution is -0.148. The normalized spacial score (nSPS) is 11.8. The molecule has 0 unspecified atom stereocenters. The summed E-state index contributed by atoms with van der Waals surface area (Å²) < 4.78 is 11.7. The molecule has 6 rings (SSSR count). The second kappa shape index (κ2) is 16.5. The Hall–Kier alpha value is -6.13. The van der Waals surface area contributed by atoms with Crippen LogP contribution in [0.3, 0.4) is 0 Å². The fourth-order valence-corrected chi connectivity index (χ4v) is 5.98. The van der Waals surface area contributed by atoms with E-state index in [1.165, 1.54) is 0 Å². The largest absolute Gasteiger partial charge is 0.508 e. The molecule has 1 atom stereocenters. The van der Waals surface area contributed by atoms with Crippen LogP contribution in [0.5, 0.6) is 11.5 Å². The summed E-state index contributed by atoms with van der Waals surface area (Å²) >= 11 is 0. The second-order valence-corrected chi connectivity index (χ2v) is 11.9. The molecule has 0 radical (unpaired) electrons. The highest BCUT2D eigenvalue weighted by Gasteiger charge is 2.40. The van der Waals surface area contributed by atoms with Gasteiger partial charge in [-0.2, -0.15) is 5.17 Å². The molecule has 6 aromatic rings. The predicted molar refractivity (Wildman–Crippen MR) is 198 cm³/mol. The fraction of sp³-hybridized carbons (Fsp3) is 0.119. The lowest BCUT2D eigenvalue weighted by Gasteiger charge is -2.39. The van der Waals surface area contributed by atoms with E-state index in [-0.39, 0.29) is 19.1 Å². The zero-order chi connectivity index (χ0) is 35.5. The molecule has 0 aliphatic carbocycles. The maximum absolute atomic E-state index is 14.2. The SMILES string of the molecule is Nc1ccccc1N(N)OCOc1ccc(C[C@@H](NC(c2ccccc2)(c2ccccc2)c2ccccc2)C(=O)OCc2ccc(O)cc2)cc1. The van der Waals surface area contributed by atoms with Crippen LogP contribution >= 0.6 is 0 Å². The number of nitrogens with two attached hydrogens (primary N) is 2. The molecule has 0 aliphatic rings. The van der Waals surface area contributed by atoms with Crippen molar-refractivity contribution in [2.75, 3.05) is 17.7 Å². The Balaban J connectivity index is 1.28. The van der Waals surface area contributed by atoms with E-state index in [0.29, 0.717) is 23.5 Å². The van der Waals surface area contributed by atoms with Crippen molar-refractivity contribution in [2.24, 2.45) is 5.84 Å². The number of rotatable bonds is 15. The zero-order valence-electron chi connectivity index (χ0n) is 28.0. The molecular weight excluding hydrogens is 640 g/mol. The van der Waals surface area contributed by atoms with Crippen LogP contribution in [0, 0.1) is 0 Å². The van der Waals surface area contributed by atoms with Crippen LogP contribution in [0.4, 0.5) is 11.4 Å². The molecule has 0 saturated heterocycles. The molecule has 0 fully saturated rings. The van der Waals surface area contributed by atoms with Crippen molar-refractivity contribution in [3.05, 3.63) is 192 Å². The Labute approximate surface area is 297 Å². The van der Waals surface area contributed by atoms with Crippen molar-refractivity contribution in [1.29, 1.82) is 0 Å². The molecule has 0 heterocycles. The van der Waals surface area contributed by atoms with Crippen molar-refractivity contribution in [3.8, 4) is 11.5 Å². The van der Waals surface area contributed by atoms with E-state index in [4.69, 9.17) is 25.9 Å². The number of nitrogen functional groups attached to an aromatic ring is 1. The number of carbonyl (C=O) groups is 1. The van der Waals surface area contributed by atoms with Gasteiger partial charge in [0.2, 0.25) is 6.79 Å². The summed E-state index contributed by atoms with van der Waals surface area (Å²) in [6.45, 7) is -0.0996. The maximum Gasteiger partial charge on any atom is 0.323 e. The minimum atomic E-state index is -0.914. The van der Waals surface area contributed by atoms with Gasteiger partial charge in [-0.25, -0.2) is 10.7 Å². The first-order valence-electron chi connectivity index (χ1n) is 16.5. The van der Waals surface area contributed by atoms with E-state index in [2.05, 4.69) is 41.7 Å². The van der Waals surface area contributed by atoms with Gasteiger partial charge in [0.05, 0.1) is 11.2 Å². The summed E-state index contributed by atoms with van der Waals surface area (Å²) in [4.78, 5) is 19.7. The lowest BCUT2D eigenvalue weighted by atomic mass is 9.76. The first kappa shape index (κ1) is 34.7. The Morgan fingerprint density at radius 2 is 1.20 bits per heavy atom. The molecule has 6 N–H and O–H groups in total. The van der Waals surface area contributed by atoms with Crippen molar-refractivity contribution in [1.82, 2.24) is 5.32 Å². The summed E-state index contributed by atoms with van der Waals surface area (Å²) in [6.07, 6.45) is 0.309. The third kappa shape index (κ3) is 8.55. The van der Waals surface area contributed by atoms with Crippen LogP contribution in [0.15, 0.2) is 164 Å². The third-order valence-electron chi connectivity index (χ3n) is 8.57. The number of hydrogen-bond acceptors (Lipinski definition) is 9. The standard InChI is InChI=1S/C42H40N4O5/c43-38-18-10-11-19-40(38)46(44)51-30-50-37-26-22-31(23-27-37)28-39(41(48)49-29-32-20-24-36(47)25-21-32)45-42(33-12-4-1-5-13-33,34-14-6-2-7-15-34)35-16-8-3-9-17-35/h1-27,39,45,47H,28-30,43-44H2/t39-/m1/s1. The molecule has 51 heavy (non-hydrogen) atoms. The quantitative estimate of drug-likeness (QED) is 0.0229. The number of phenolic OH excluding ortho intramolecular Hbond substituents is 1. The number of nitrogens with one attached hydrogen (secondary N) is 1. The van der Waals surface area contributed by atoms with Crippen LogP contribution in [0.1, 0.15) is 27.8 Å². The Bertz CT molecular complexity index is 1880. The van der Waals surface area contributed by atoms with Gasteiger partial charge in [-0.05, 0) is 70.6 Å². The first-order chi connectivity index (χ1) is 24.9. The summed E-state index contributed by atoms with van der Waals surface area (Å²) in [5.41, 5.74) is 10.6. The molecule has 0 spiro atoms. The van der Waals surface area contributed by atoms with E-state index in [9.17, 15) is 9.90 Å². The van der Waals surface area contributed by atoms with Gasteiger partial charge < -0.3 is 20.3 Å². The molecule has 0 amide bonds. The molecule has 0 aliphatic heterocycles. The number of esters is 1. The number of hydrazine groups is 1. The van der Waals surface area contributed by atoms with Gasteiger partial charge >= 0.3 is 5.97 Å². The molecule has 9 nitrogen and oxygen atoms in total. The van der Waals surface area contributed by atoms with Crippen molar-refractivity contribution < 1.29 is 24.2 Å². The topological polar surface area (TPSA) is 132 Å². The number of anilines is 2. The van der Waals surface area contributed by atoms with E-state index in [0.717, 1.165) is 33.0 Å². The van der Waals surface area contributed by atoms with Crippen LogP contribution in [0.2, 0.25) is 0 Å². The van der Waals surface area contributed by atoms with E-state index in [1.54, 1.807) is 36.4 Å². The number of benzene rings is 6. The smallest absolute Gasteiger partial charge is 0.323 e. The van der Waals surface area contributed by atoms with Gasteiger partial charge in [-0.1, -0.05) is 127 Å². The molecule has 0 bridgehead atoms. The first-order valence-corrected chi connectivity index (χ1v) is 16.5. The van der Waals surface area contributed by atoms with Crippen LogP contribution in [-0.2, 0) is 32.9 Å². The van der Waals surface area contributed by atoms with Crippen molar-refractivity contribution in [3.63, 3.8) is 0 Å². The Kier molecular flexibility index (Phi) is 11.2. The van der Waals surface area contributed by atoms with Crippen LogP contribution < -0.4 is 26.8 Å². The zero-order valence-corrected chi connectivity index (χ0v) is 28.0. The van der Waals surface area contributed by atoms with E-state index in [1.807, 2.05) is 91.0 Å². The predicted octanol–water partition coefficient (Wildman–Crippen LogP) is 6.86. The highest BCUT2D eigenvalue weighted by molar-refractivity contribution is 5.77. The minimum Gasteiger partial charge on any atom is -0.508 e. The number of aromatic hydroxyl groups is 1. The molecular formula is C42H40N4O5. The summed E-state index contributed by atoms with van der Waals surface area (Å²) in [6, 6.07) is 50.6. The number of ether oxygens (including phenoxy) is 2. The van der Waals surface area contributed by atoms with Gasteiger partial charge in [0.15, 0.2) is 0 Å². The number of nitrogens with zero attached hydrogens (tertiary/aromatic N) is 1. The van der Waals surface area contributed by atoms with Crippen LogP contribution in [-0.4, -0.2) is 23.9 Å². The third-order valence-corrected chi connectivity index (χ3v) is 8.57. The molecule has 258 valence electrons. The molecule has 9 heteroatoms. The summed E-state index contributed by atoms with van der Waals surface area (Å²) in [5, 5.41) is 14.6. The number of hydrogen-bond donors (Lipinski definition) is 4. The monoisotopic (exact) mass is 680 g/mol. The molecule has 0 saturated carbocycles. The average molecular weight is 681 g/mol. The van der Waals surface area contributed by atoms with Gasteiger partial charge in [-0.15, -0.1) is 0 Å². The van der Waals surface area contributed by atoms with E-state index >= 15 is 0 Å². The van der Waals surface area contributed by atoms with Crippen molar-refractivity contribution in [2.45, 2.75) is 24.6 Å². The lowest BCUT2D eigenvalue weighted by Crippen LogP contribution is -2.53. The second-order valence-electron chi connectivity index (χ2n) is 11.9. The molecule has 6 aromatic carbocycles. The summed E-state index contributed by atoms with van der Waals surface area (Å²) in [5.74, 6) is 6.27. The Morgan fingerprint density at radius 1 is 0.686 bits per heavy atom. The Morgan fingerprint density at radius 3 is 1.75 bits per heavy atom. The van der Waals surface area contributed by atoms with E-state index < -0.39 is 17.6 Å². The summed E-state index contributed by atoms with van der Waals surface area (Å²) in [7, 11) is 0. The average Bonchev–Trinajstić information content (AvgIpc) is 3.18. The van der Waals surface area contributed by atoms with Gasteiger partial charge in [0.1, 0.15) is 29.8 Å². The molecule has 0 aromatic heterocycles.